The van der Waals surface area contributed by atoms with E-state index in [0.717, 1.165) is 47.8 Å². The summed E-state index contributed by atoms with van der Waals surface area (Å²) in [6.45, 7) is 12.0. The number of anilines is 3. The molecule has 0 radical (unpaired) electrons. The van der Waals surface area contributed by atoms with Gasteiger partial charge in [-0.25, -0.2) is 0 Å². The first-order valence-electron chi connectivity index (χ1n) is 11.5. The Morgan fingerprint density at radius 3 is 2.34 bits per heavy atom. The Morgan fingerprint density at radius 1 is 1.06 bits per heavy atom. The van der Waals surface area contributed by atoms with E-state index in [1.807, 2.05) is 24.3 Å². The number of fused-ring (bicyclic) bond motifs is 1. The summed E-state index contributed by atoms with van der Waals surface area (Å²) >= 11 is 0. The Labute approximate surface area is 191 Å². The zero-order valence-electron chi connectivity index (χ0n) is 19.7. The Bertz CT molecular complexity index is 1060. The van der Waals surface area contributed by atoms with Crippen LogP contribution in [-0.2, 0) is 9.59 Å². The first-order chi connectivity index (χ1) is 15.3. The number of carbonyl (C=O) groups excluding carboxylic acids is 2. The first-order valence-corrected chi connectivity index (χ1v) is 11.5. The van der Waals surface area contributed by atoms with Crippen LogP contribution in [0.15, 0.2) is 59.8 Å². The molecule has 0 aromatic heterocycles. The largest absolute Gasteiger partial charge is 0.372 e. The fraction of sp³-hybridized carbons (Fsp3) is 0.407. The summed E-state index contributed by atoms with van der Waals surface area (Å²) in [5.74, 6) is 0.0316. The van der Waals surface area contributed by atoms with E-state index < -0.39 is 6.04 Å². The van der Waals surface area contributed by atoms with Crippen molar-refractivity contribution in [1.29, 1.82) is 0 Å². The molecule has 1 aliphatic carbocycles. The van der Waals surface area contributed by atoms with Crippen LogP contribution in [0.1, 0.15) is 59.1 Å². The number of Topliss-reactive ketones (excluding diaryl/α,β-unsaturated/α-hetero) is 1. The molecule has 0 fully saturated rings. The van der Waals surface area contributed by atoms with E-state index >= 15 is 0 Å². The van der Waals surface area contributed by atoms with Gasteiger partial charge in [-0.2, -0.15) is 0 Å². The Hall–Kier alpha value is -3.08. The fourth-order valence-electron chi connectivity index (χ4n) is 5.11. The van der Waals surface area contributed by atoms with Gasteiger partial charge in [0.2, 0.25) is 5.91 Å². The van der Waals surface area contributed by atoms with E-state index in [4.69, 9.17) is 0 Å². The average Bonchev–Trinajstić information content (AvgIpc) is 2.88. The van der Waals surface area contributed by atoms with Crippen molar-refractivity contribution in [1.82, 2.24) is 0 Å². The molecule has 0 bridgehead atoms. The Balaban J connectivity index is 1.92. The molecule has 0 spiro atoms. The number of rotatable bonds is 4. The zero-order valence-corrected chi connectivity index (χ0v) is 19.7. The highest BCUT2D eigenvalue weighted by Gasteiger charge is 2.42. The Kier molecular flexibility index (Phi) is 5.85. The Morgan fingerprint density at radius 2 is 1.72 bits per heavy atom. The van der Waals surface area contributed by atoms with Gasteiger partial charge in [-0.1, -0.05) is 38.1 Å². The highest BCUT2D eigenvalue weighted by molar-refractivity contribution is 6.05. The topological polar surface area (TPSA) is 52.7 Å². The van der Waals surface area contributed by atoms with E-state index in [1.54, 1.807) is 11.8 Å². The monoisotopic (exact) mass is 431 g/mol. The van der Waals surface area contributed by atoms with E-state index in [2.05, 4.69) is 62.2 Å². The van der Waals surface area contributed by atoms with Gasteiger partial charge in [0, 0.05) is 43.4 Å². The van der Waals surface area contributed by atoms with Gasteiger partial charge >= 0.3 is 0 Å². The van der Waals surface area contributed by atoms with Crippen LogP contribution in [0, 0.1) is 5.41 Å². The molecule has 32 heavy (non-hydrogen) atoms. The number of benzene rings is 2. The lowest BCUT2D eigenvalue weighted by Gasteiger charge is -2.37. The standard InChI is InChI=1S/C27H33N3O2/c1-6-29(7-2)20-14-12-19(13-15-20)26-25-22(16-27(4,5)17-24(25)32)28-21-10-8-9-11-23(21)30(26)18(3)31/h8-15,26,28H,6-7,16-17H2,1-5H3/t26-/m1/s1. The van der Waals surface area contributed by atoms with Gasteiger partial charge in [-0.05, 0) is 55.5 Å². The molecule has 5 nitrogen and oxygen atoms in total. The molecular formula is C27H33N3O2. The maximum Gasteiger partial charge on any atom is 0.224 e. The predicted molar refractivity (Wildman–Crippen MR) is 131 cm³/mol. The molecule has 2 aliphatic rings. The second kappa shape index (κ2) is 8.45. The quantitative estimate of drug-likeness (QED) is 0.675. The zero-order chi connectivity index (χ0) is 23.0. The van der Waals surface area contributed by atoms with Crippen molar-refractivity contribution in [3.05, 3.63) is 65.4 Å². The van der Waals surface area contributed by atoms with Crippen LogP contribution in [0.5, 0.6) is 0 Å². The highest BCUT2D eigenvalue weighted by Crippen LogP contribution is 2.48. The normalized spacial score (nSPS) is 19.6. The lowest BCUT2D eigenvalue weighted by atomic mass is 9.73. The minimum atomic E-state index is -0.451. The summed E-state index contributed by atoms with van der Waals surface area (Å²) < 4.78 is 0. The van der Waals surface area contributed by atoms with Crippen LogP contribution in [0.25, 0.3) is 0 Å². The predicted octanol–water partition coefficient (Wildman–Crippen LogP) is 5.70. The minimum Gasteiger partial charge on any atom is -0.372 e. The van der Waals surface area contributed by atoms with E-state index in [0.29, 0.717) is 12.0 Å². The second-order valence-corrected chi connectivity index (χ2v) is 9.53. The molecule has 168 valence electrons. The van der Waals surface area contributed by atoms with Gasteiger partial charge in [-0.3, -0.25) is 14.5 Å². The van der Waals surface area contributed by atoms with Crippen molar-refractivity contribution in [2.45, 2.75) is 53.5 Å². The first kappa shape index (κ1) is 22.1. The molecule has 1 amide bonds. The van der Waals surface area contributed by atoms with Crippen LogP contribution >= 0.6 is 0 Å². The minimum absolute atomic E-state index is 0.0801. The number of allylic oxidation sites excluding steroid dienone is 1. The van der Waals surface area contributed by atoms with Crippen LogP contribution in [0.4, 0.5) is 17.1 Å². The van der Waals surface area contributed by atoms with Crippen molar-refractivity contribution < 1.29 is 9.59 Å². The van der Waals surface area contributed by atoms with Crippen molar-refractivity contribution in [3.63, 3.8) is 0 Å². The number of para-hydroxylation sites is 2. The third-order valence-electron chi connectivity index (χ3n) is 6.58. The molecule has 1 N–H and O–H groups in total. The van der Waals surface area contributed by atoms with Crippen molar-refractivity contribution in [2.75, 3.05) is 28.2 Å². The maximum absolute atomic E-state index is 13.5. The summed E-state index contributed by atoms with van der Waals surface area (Å²) in [5.41, 5.74) is 5.29. The molecule has 0 saturated heterocycles. The van der Waals surface area contributed by atoms with Crippen LogP contribution in [-0.4, -0.2) is 24.8 Å². The van der Waals surface area contributed by atoms with Gasteiger partial charge < -0.3 is 10.2 Å². The van der Waals surface area contributed by atoms with Gasteiger partial charge in [0.1, 0.15) is 0 Å². The van der Waals surface area contributed by atoms with Crippen LogP contribution < -0.4 is 15.1 Å². The molecule has 1 atom stereocenters. The number of amides is 1. The van der Waals surface area contributed by atoms with Gasteiger partial charge in [0.15, 0.2) is 5.78 Å². The van der Waals surface area contributed by atoms with Crippen molar-refractivity contribution in [3.8, 4) is 0 Å². The number of ketones is 1. The molecule has 5 heteroatoms. The molecule has 2 aromatic carbocycles. The summed E-state index contributed by atoms with van der Waals surface area (Å²) in [6.07, 6.45) is 1.24. The fourth-order valence-corrected chi connectivity index (χ4v) is 5.11. The van der Waals surface area contributed by atoms with E-state index in [-0.39, 0.29) is 17.1 Å². The number of nitrogens with zero attached hydrogens (tertiary/aromatic N) is 2. The maximum atomic E-state index is 13.5. The molecule has 4 rings (SSSR count). The van der Waals surface area contributed by atoms with Crippen LogP contribution in [0.2, 0.25) is 0 Å². The third-order valence-corrected chi connectivity index (χ3v) is 6.58. The lowest BCUT2D eigenvalue weighted by Crippen LogP contribution is -2.38. The highest BCUT2D eigenvalue weighted by atomic mass is 16.2. The molecule has 1 heterocycles. The number of hydrogen-bond donors (Lipinski definition) is 1. The second-order valence-electron chi connectivity index (χ2n) is 9.53. The van der Waals surface area contributed by atoms with Gasteiger partial charge in [0.25, 0.3) is 0 Å². The smallest absolute Gasteiger partial charge is 0.224 e. The molecule has 1 aliphatic heterocycles. The van der Waals surface area contributed by atoms with Crippen LogP contribution in [0.3, 0.4) is 0 Å². The molecule has 0 saturated carbocycles. The average molecular weight is 432 g/mol. The molecule has 2 aromatic rings. The van der Waals surface area contributed by atoms with E-state index in [9.17, 15) is 9.59 Å². The van der Waals surface area contributed by atoms with Gasteiger partial charge in [0.05, 0.1) is 17.4 Å². The molecule has 0 unspecified atom stereocenters. The SMILES string of the molecule is CCN(CC)c1ccc([C@@H]2C3=C(CC(C)(C)CC3=O)Nc3ccccc3N2C(C)=O)cc1. The molecular weight excluding hydrogens is 398 g/mol. The summed E-state index contributed by atoms with van der Waals surface area (Å²) in [5, 5.41) is 3.54. The summed E-state index contributed by atoms with van der Waals surface area (Å²) in [7, 11) is 0. The summed E-state index contributed by atoms with van der Waals surface area (Å²) in [4.78, 5) is 30.6. The lowest BCUT2D eigenvalue weighted by molar-refractivity contribution is -0.118. The van der Waals surface area contributed by atoms with E-state index in [1.165, 1.54) is 0 Å². The van der Waals surface area contributed by atoms with Crippen molar-refractivity contribution in [2.24, 2.45) is 5.41 Å². The van der Waals surface area contributed by atoms with Crippen molar-refractivity contribution >= 4 is 28.8 Å². The summed E-state index contributed by atoms with van der Waals surface area (Å²) in [6, 6.07) is 15.7. The number of carbonyl (C=O) groups is 2. The third kappa shape index (κ3) is 3.92. The number of nitrogens with one attached hydrogen (secondary N) is 1. The van der Waals surface area contributed by atoms with Gasteiger partial charge in [-0.15, -0.1) is 0 Å². The number of hydrogen-bond acceptors (Lipinski definition) is 4.